The second-order valence-corrected chi connectivity index (χ2v) is 8.65. The fraction of sp³-hybridized carbons (Fsp3) is 0.115. The van der Waals surface area contributed by atoms with Crippen LogP contribution in [-0.2, 0) is 9.59 Å². The Kier molecular flexibility index (Phi) is 6.60. The number of allylic oxidation sites excluding steroid dienone is 4. The highest BCUT2D eigenvalue weighted by Crippen LogP contribution is 2.31. The number of benzene rings is 2. The van der Waals surface area contributed by atoms with E-state index in [-0.39, 0.29) is 11.1 Å². The van der Waals surface area contributed by atoms with Gasteiger partial charge >= 0.3 is 5.97 Å². The van der Waals surface area contributed by atoms with Crippen molar-refractivity contribution in [3.8, 4) is 16.9 Å². The molecule has 4 rings (SSSR count). The van der Waals surface area contributed by atoms with Crippen LogP contribution < -0.4 is 10.1 Å². The van der Waals surface area contributed by atoms with E-state index in [0.717, 1.165) is 45.7 Å². The number of amides is 2. The van der Waals surface area contributed by atoms with Gasteiger partial charge in [0.15, 0.2) is 0 Å². The third-order valence-corrected chi connectivity index (χ3v) is 6.10. The number of nitrogens with one attached hydrogen (secondary N) is 1. The van der Waals surface area contributed by atoms with E-state index in [0.29, 0.717) is 17.9 Å². The highest BCUT2D eigenvalue weighted by Gasteiger charge is 2.29. The molecule has 2 aliphatic rings. The third kappa shape index (κ3) is 5.51. The molecular formula is C26H21NO5S. The van der Waals surface area contributed by atoms with E-state index in [1.807, 2.05) is 67.6 Å². The molecule has 0 saturated carbocycles. The number of carboxylic acids is 1. The molecule has 0 bridgehead atoms. The number of carbonyl (C=O) groups excluding carboxylic acids is 2. The maximum atomic E-state index is 11.7. The van der Waals surface area contributed by atoms with E-state index >= 15 is 0 Å². The molecule has 2 N–H and O–H groups in total. The molecule has 166 valence electrons. The van der Waals surface area contributed by atoms with Crippen molar-refractivity contribution in [2.45, 2.75) is 18.6 Å². The van der Waals surface area contributed by atoms with Crippen LogP contribution in [0.2, 0.25) is 0 Å². The van der Waals surface area contributed by atoms with Crippen molar-refractivity contribution in [2.75, 3.05) is 0 Å². The molecular weight excluding hydrogens is 438 g/mol. The second-order valence-electron chi connectivity index (χ2n) is 7.54. The molecule has 0 spiro atoms. The summed E-state index contributed by atoms with van der Waals surface area (Å²) in [7, 11) is 0. The lowest BCUT2D eigenvalue weighted by atomic mass is 9.95. The van der Waals surface area contributed by atoms with E-state index in [9.17, 15) is 14.4 Å². The quantitative estimate of drug-likeness (QED) is 0.573. The summed E-state index contributed by atoms with van der Waals surface area (Å²) in [5.74, 6) is 0.0490. The maximum Gasteiger partial charge on any atom is 0.328 e. The molecule has 2 amide bonds. The molecule has 2 aromatic carbocycles. The number of hydrogen-bond acceptors (Lipinski definition) is 5. The van der Waals surface area contributed by atoms with Crippen LogP contribution >= 0.6 is 11.8 Å². The predicted octanol–water partition coefficient (Wildman–Crippen LogP) is 5.26. The maximum absolute atomic E-state index is 11.7. The normalized spacial score (nSPS) is 19.1. The van der Waals surface area contributed by atoms with Crippen molar-refractivity contribution in [3.63, 3.8) is 0 Å². The minimum Gasteiger partial charge on any atom is -0.478 e. The molecule has 0 aromatic heterocycles. The van der Waals surface area contributed by atoms with E-state index in [1.165, 1.54) is 0 Å². The number of hydrogen-bond donors (Lipinski definition) is 2. The van der Waals surface area contributed by atoms with Crippen molar-refractivity contribution in [3.05, 3.63) is 95.3 Å². The van der Waals surface area contributed by atoms with Crippen molar-refractivity contribution in [2.24, 2.45) is 0 Å². The number of imide groups is 1. The summed E-state index contributed by atoms with van der Waals surface area (Å²) in [6.07, 6.45) is 10.8. The fourth-order valence-corrected chi connectivity index (χ4v) is 4.39. The molecule has 1 aliphatic heterocycles. The summed E-state index contributed by atoms with van der Waals surface area (Å²) in [5.41, 5.74) is 4.59. The van der Waals surface area contributed by atoms with Crippen LogP contribution in [0.4, 0.5) is 4.79 Å². The summed E-state index contributed by atoms with van der Waals surface area (Å²) in [4.78, 5) is 34.1. The van der Waals surface area contributed by atoms with Crippen LogP contribution in [0.15, 0.2) is 84.2 Å². The SMILES string of the molecule is Cc1cccc(-c2cccc(OC3=CC/C(=C\C4SC(=O)NC4=O)C=C3)c2)c1/C=C/C(=O)O. The summed E-state index contributed by atoms with van der Waals surface area (Å²) >= 11 is 0.978. The van der Waals surface area contributed by atoms with Crippen LogP contribution in [0, 0.1) is 6.92 Å². The van der Waals surface area contributed by atoms with E-state index in [4.69, 9.17) is 9.84 Å². The fourth-order valence-electron chi connectivity index (χ4n) is 3.59. The zero-order valence-electron chi connectivity index (χ0n) is 17.8. The van der Waals surface area contributed by atoms with Gasteiger partial charge in [0.1, 0.15) is 16.8 Å². The van der Waals surface area contributed by atoms with Crippen molar-refractivity contribution >= 4 is 35.0 Å². The smallest absolute Gasteiger partial charge is 0.328 e. The Hall–Kier alpha value is -3.84. The Morgan fingerprint density at radius 1 is 1.18 bits per heavy atom. The number of carboxylic acid groups (broad SMARTS) is 1. The van der Waals surface area contributed by atoms with Gasteiger partial charge in [-0.1, -0.05) is 42.5 Å². The third-order valence-electron chi connectivity index (χ3n) is 5.18. The topological polar surface area (TPSA) is 92.7 Å². The first-order valence-electron chi connectivity index (χ1n) is 10.3. The van der Waals surface area contributed by atoms with Gasteiger partial charge in [0.2, 0.25) is 5.91 Å². The molecule has 0 radical (unpaired) electrons. The van der Waals surface area contributed by atoms with Crippen LogP contribution in [0.3, 0.4) is 0 Å². The van der Waals surface area contributed by atoms with E-state index in [1.54, 1.807) is 12.2 Å². The molecule has 33 heavy (non-hydrogen) atoms. The number of carbonyl (C=O) groups is 3. The number of thioether (sulfide) groups is 1. The Bertz CT molecular complexity index is 1260. The Morgan fingerprint density at radius 2 is 2.00 bits per heavy atom. The first-order chi connectivity index (χ1) is 15.9. The van der Waals surface area contributed by atoms with Gasteiger partial charge in [0, 0.05) is 6.08 Å². The zero-order valence-corrected chi connectivity index (χ0v) is 18.6. The van der Waals surface area contributed by atoms with Gasteiger partial charge in [-0.2, -0.15) is 0 Å². The average molecular weight is 460 g/mol. The summed E-state index contributed by atoms with van der Waals surface area (Å²) < 4.78 is 6.04. The second kappa shape index (κ2) is 9.75. The van der Waals surface area contributed by atoms with E-state index < -0.39 is 11.2 Å². The minimum absolute atomic E-state index is 0.289. The molecule has 1 heterocycles. The summed E-state index contributed by atoms with van der Waals surface area (Å²) in [6.45, 7) is 1.94. The molecule has 2 aromatic rings. The highest BCUT2D eigenvalue weighted by molar-refractivity contribution is 8.15. The van der Waals surface area contributed by atoms with Crippen molar-refractivity contribution < 1.29 is 24.2 Å². The van der Waals surface area contributed by atoms with Gasteiger partial charge in [-0.15, -0.1) is 0 Å². The van der Waals surface area contributed by atoms with Gasteiger partial charge < -0.3 is 9.84 Å². The first kappa shape index (κ1) is 22.4. The van der Waals surface area contributed by atoms with Crippen LogP contribution in [0.1, 0.15) is 17.5 Å². The number of aliphatic carboxylic acids is 1. The Labute approximate surface area is 195 Å². The monoisotopic (exact) mass is 459 g/mol. The number of ether oxygens (including phenoxy) is 1. The van der Waals surface area contributed by atoms with Gasteiger partial charge in [-0.3, -0.25) is 14.9 Å². The average Bonchev–Trinajstić information content (AvgIpc) is 3.10. The molecule has 1 saturated heterocycles. The molecule has 7 heteroatoms. The molecule has 1 aliphatic carbocycles. The van der Waals surface area contributed by atoms with Gasteiger partial charge in [-0.05, 0) is 83.3 Å². The largest absolute Gasteiger partial charge is 0.478 e. The lowest BCUT2D eigenvalue weighted by Gasteiger charge is -2.14. The van der Waals surface area contributed by atoms with Crippen molar-refractivity contribution in [1.29, 1.82) is 0 Å². The summed E-state index contributed by atoms with van der Waals surface area (Å²) in [5, 5.41) is 10.5. The lowest BCUT2D eigenvalue weighted by molar-refractivity contribution is -0.131. The predicted molar refractivity (Wildman–Crippen MR) is 129 cm³/mol. The molecule has 6 nitrogen and oxygen atoms in total. The number of aryl methyl sites for hydroxylation is 1. The molecule has 1 atom stereocenters. The van der Waals surface area contributed by atoms with E-state index in [2.05, 4.69) is 5.32 Å². The van der Waals surface area contributed by atoms with Crippen LogP contribution in [0.5, 0.6) is 5.75 Å². The molecule has 1 unspecified atom stereocenters. The standard InChI is InChI=1S/C26H21NO5S/c1-16-4-2-7-22(21(16)12-13-24(28)29)18-5-3-6-20(15-18)32-19-10-8-17(9-11-19)14-23-25(30)27-26(31)33-23/h2-8,10-15,23H,9H2,1H3,(H,28,29)(H,27,30,31)/b13-12+,17-14-. The van der Waals surface area contributed by atoms with Gasteiger partial charge in [-0.25, -0.2) is 4.79 Å². The minimum atomic E-state index is -0.996. The van der Waals surface area contributed by atoms with Gasteiger partial charge in [0.05, 0.1) is 0 Å². The Balaban J connectivity index is 1.50. The lowest BCUT2D eigenvalue weighted by Crippen LogP contribution is -2.23. The highest BCUT2D eigenvalue weighted by atomic mass is 32.2. The Morgan fingerprint density at radius 3 is 2.70 bits per heavy atom. The van der Waals surface area contributed by atoms with Crippen molar-refractivity contribution in [1.82, 2.24) is 5.32 Å². The number of rotatable bonds is 6. The first-order valence-corrected chi connectivity index (χ1v) is 11.2. The summed E-state index contributed by atoms with van der Waals surface area (Å²) in [6, 6.07) is 13.5. The molecule has 1 fully saturated rings. The van der Waals surface area contributed by atoms with Gasteiger partial charge in [0.25, 0.3) is 5.24 Å². The van der Waals surface area contributed by atoms with Crippen LogP contribution in [0.25, 0.3) is 17.2 Å². The van der Waals surface area contributed by atoms with Crippen LogP contribution in [-0.4, -0.2) is 27.5 Å². The zero-order chi connectivity index (χ0) is 23.4.